The first-order valence-electron chi connectivity index (χ1n) is 7.12. The van der Waals surface area contributed by atoms with Crippen LogP contribution in [0, 0.1) is 0 Å². The number of hydrogen-bond acceptors (Lipinski definition) is 5. The van der Waals surface area contributed by atoms with E-state index in [2.05, 4.69) is 20.8 Å². The Bertz CT molecular complexity index is 416. The Kier molecular flexibility index (Phi) is 5.79. The third-order valence-corrected chi connectivity index (χ3v) is 3.35. The Morgan fingerprint density at radius 3 is 2.95 bits per heavy atom. The smallest absolute Gasteiger partial charge is 0.315 e. The highest BCUT2D eigenvalue weighted by atomic mass is 16.5. The summed E-state index contributed by atoms with van der Waals surface area (Å²) < 4.78 is 9.86. The molecule has 1 aliphatic carbocycles. The van der Waals surface area contributed by atoms with Gasteiger partial charge >= 0.3 is 6.03 Å². The monoisotopic (exact) mass is 282 g/mol. The van der Waals surface area contributed by atoms with Gasteiger partial charge in [0.2, 0.25) is 0 Å². The fourth-order valence-electron chi connectivity index (χ4n) is 2.34. The molecule has 0 spiro atoms. The average molecular weight is 282 g/mol. The van der Waals surface area contributed by atoms with Crippen molar-refractivity contribution in [2.24, 2.45) is 0 Å². The van der Waals surface area contributed by atoms with E-state index < -0.39 is 0 Å². The molecule has 2 N–H and O–H groups in total. The first kappa shape index (κ1) is 14.8. The van der Waals surface area contributed by atoms with Gasteiger partial charge in [-0.2, -0.15) is 4.98 Å². The molecule has 1 aliphatic rings. The summed E-state index contributed by atoms with van der Waals surface area (Å²) >= 11 is 0. The molecule has 1 saturated carbocycles. The minimum Gasteiger partial charge on any atom is -0.375 e. The summed E-state index contributed by atoms with van der Waals surface area (Å²) in [5.74, 6) is 1.03. The number of amides is 2. The Hall–Kier alpha value is -1.63. The third-order valence-electron chi connectivity index (χ3n) is 3.35. The van der Waals surface area contributed by atoms with Crippen LogP contribution in [-0.4, -0.2) is 35.9 Å². The molecule has 2 rings (SSSR count). The lowest BCUT2D eigenvalue weighted by molar-refractivity contribution is 0.151. The fourth-order valence-corrected chi connectivity index (χ4v) is 2.34. The van der Waals surface area contributed by atoms with E-state index in [1.807, 2.05) is 0 Å². The first-order chi connectivity index (χ1) is 9.78. The molecule has 0 aromatic carbocycles. The van der Waals surface area contributed by atoms with Crippen LogP contribution in [0.25, 0.3) is 0 Å². The van der Waals surface area contributed by atoms with Crippen LogP contribution in [0.4, 0.5) is 4.79 Å². The summed E-state index contributed by atoms with van der Waals surface area (Å²) in [5, 5.41) is 9.62. The zero-order valence-electron chi connectivity index (χ0n) is 11.9. The lowest BCUT2D eigenvalue weighted by Crippen LogP contribution is -2.43. The number of carbonyl (C=O) groups excluding carboxylic acids is 1. The SMILES string of the molecule is COCc1nc(CCNC(=O)NC2CCCCC2)no1. The maximum absolute atomic E-state index is 11.7. The Balaban J connectivity index is 1.62. The highest BCUT2D eigenvalue weighted by Gasteiger charge is 2.15. The van der Waals surface area contributed by atoms with Crippen LogP contribution in [-0.2, 0) is 17.8 Å². The number of ether oxygens (including phenoxy) is 1. The summed E-state index contributed by atoms with van der Waals surface area (Å²) in [7, 11) is 1.57. The number of urea groups is 1. The van der Waals surface area contributed by atoms with Crippen molar-refractivity contribution in [2.45, 2.75) is 51.2 Å². The fraction of sp³-hybridized carbons (Fsp3) is 0.769. The molecule has 7 heteroatoms. The van der Waals surface area contributed by atoms with Gasteiger partial charge in [-0.1, -0.05) is 24.4 Å². The number of nitrogens with one attached hydrogen (secondary N) is 2. The van der Waals surface area contributed by atoms with E-state index in [0.29, 0.717) is 37.3 Å². The molecule has 0 aliphatic heterocycles. The molecule has 0 saturated heterocycles. The van der Waals surface area contributed by atoms with E-state index in [1.165, 1.54) is 19.3 Å². The highest BCUT2D eigenvalue weighted by molar-refractivity contribution is 5.74. The van der Waals surface area contributed by atoms with Gasteiger partial charge in [0.05, 0.1) is 0 Å². The lowest BCUT2D eigenvalue weighted by atomic mass is 9.96. The van der Waals surface area contributed by atoms with Gasteiger partial charge in [0, 0.05) is 26.1 Å². The first-order valence-corrected chi connectivity index (χ1v) is 7.12. The van der Waals surface area contributed by atoms with Gasteiger partial charge in [0.1, 0.15) is 6.61 Å². The van der Waals surface area contributed by atoms with Gasteiger partial charge in [0.25, 0.3) is 5.89 Å². The summed E-state index contributed by atoms with van der Waals surface area (Å²) in [6.07, 6.45) is 6.40. The Labute approximate surface area is 118 Å². The van der Waals surface area contributed by atoms with Crippen molar-refractivity contribution < 1.29 is 14.1 Å². The molecule has 1 aromatic rings. The van der Waals surface area contributed by atoms with Crippen molar-refractivity contribution in [3.8, 4) is 0 Å². The predicted octanol–water partition coefficient (Wildman–Crippen LogP) is 1.39. The van der Waals surface area contributed by atoms with Gasteiger partial charge in [-0.05, 0) is 12.8 Å². The van der Waals surface area contributed by atoms with E-state index >= 15 is 0 Å². The minimum atomic E-state index is -0.113. The van der Waals surface area contributed by atoms with Crippen molar-refractivity contribution in [1.29, 1.82) is 0 Å². The standard InChI is InChI=1S/C13H22N4O3/c1-19-9-12-16-11(17-20-12)7-8-14-13(18)15-10-5-3-2-4-6-10/h10H,2-9H2,1H3,(H2,14,15,18). The molecule has 1 fully saturated rings. The average Bonchev–Trinajstić information content (AvgIpc) is 2.88. The van der Waals surface area contributed by atoms with Crippen molar-refractivity contribution in [2.75, 3.05) is 13.7 Å². The second-order valence-corrected chi connectivity index (χ2v) is 5.02. The van der Waals surface area contributed by atoms with Crippen molar-refractivity contribution >= 4 is 6.03 Å². The molecule has 7 nitrogen and oxygen atoms in total. The maximum atomic E-state index is 11.7. The second kappa shape index (κ2) is 7.84. The van der Waals surface area contributed by atoms with Crippen LogP contribution in [0.5, 0.6) is 0 Å². The number of carbonyl (C=O) groups is 1. The molecular formula is C13H22N4O3. The molecule has 0 unspecified atom stereocenters. The van der Waals surface area contributed by atoms with Crippen LogP contribution in [0.3, 0.4) is 0 Å². The van der Waals surface area contributed by atoms with E-state index in [9.17, 15) is 4.79 Å². The van der Waals surface area contributed by atoms with Crippen molar-refractivity contribution in [3.63, 3.8) is 0 Å². The van der Waals surface area contributed by atoms with E-state index in [1.54, 1.807) is 7.11 Å². The Morgan fingerprint density at radius 1 is 1.40 bits per heavy atom. The van der Waals surface area contributed by atoms with Crippen molar-refractivity contribution in [3.05, 3.63) is 11.7 Å². The van der Waals surface area contributed by atoms with Crippen LogP contribution in [0.2, 0.25) is 0 Å². The molecule has 0 radical (unpaired) electrons. The van der Waals surface area contributed by atoms with Crippen LogP contribution in [0.1, 0.15) is 43.8 Å². The molecule has 2 amide bonds. The molecular weight excluding hydrogens is 260 g/mol. The van der Waals surface area contributed by atoms with Gasteiger partial charge in [-0.15, -0.1) is 0 Å². The highest BCUT2D eigenvalue weighted by Crippen LogP contribution is 2.17. The molecule has 0 atom stereocenters. The zero-order valence-corrected chi connectivity index (χ0v) is 11.9. The molecule has 112 valence electrons. The second-order valence-electron chi connectivity index (χ2n) is 5.02. The van der Waals surface area contributed by atoms with Crippen LogP contribution >= 0.6 is 0 Å². The number of rotatable bonds is 6. The predicted molar refractivity (Wildman–Crippen MR) is 72.1 cm³/mol. The normalized spacial score (nSPS) is 16.1. The van der Waals surface area contributed by atoms with Gasteiger partial charge < -0.3 is 19.9 Å². The zero-order chi connectivity index (χ0) is 14.2. The molecule has 20 heavy (non-hydrogen) atoms. The summed E-state index contributed by atoms with van der Waals surface area (Å²) in [4.78, 5) is 15.8. The van der Waals surface area contributed by atoms with E-state index in [-0.39, 0.29) is 6.03 Å². The summed E-state index contributed by atoms with van der Waals surface area (Å²) in [6.45, 7) is 0.799. The molecule has 0 bridgehead atoms. The maximum Gasteiger partial charge on any atom is 0.315 e. The van der Waals surface area contributed by atoms with E-state index in [0.717, 1.165) is 12.8 Å². The van der Waals surface area contributed by atoms with Crippen LogP contribution in [0.15, 0.2) is 4.52 Å². The Morgan fingerprint density at radius 2 is 2.20 bits per heavy atom. The largest absolute Gasteiger partial charge is 0.375 e. The number of nitrogens with zero attached hydrogens (tertiary/aromatic N) is 2. The summed E-state index contributed by atoms with van der Waals surface area (Å²) in [5.41, 5.74) is 0. The number of hydrogen-bond donors (Lipinski definition) is 2. The third kappa shape index (κ3) is 4.80. The number of methoxy groups -OCH3 is 1. The lowest BCUT2D eigenvalue weighted by Gasteiger charge is -2.22. The summed E-state index contributed by atoms with van der Waals surface area (Å²) in [6, 6.07) is 0.208. The van der Waals surface area contributed by atoms with Gasteiger partial charge in [0.15, 0.2) is 5.82 Å². The minimum absolute atomic E-state index is 0.113. The van der Waals surface area contributed by atoms with Crippen LogP contribution < -0.4 is 10.6 Å². The molecule has 1 heterocycles. The number of aromatic nitrogens is 2. The van der Waals surface area contributed by atoms with Gasteiger partial charge in [-0.25, -0.2) is 4.79 Å². The van der Waals surface area contributed by atoms with Crippen molar-refractivity contribution in [1.82, 2.24) is 20.8 Å². The molecule has 1 aromatic heterocycles. The van der Waals surface area contributed by atoms with Gasteiger partial charge in [-0.3, -0.25) is 0 Å². The topological polar surface area (TPSA) is 89.3 Å². The quantitative estimate of drug-likeness (QED) is 0.823. The van der Waals surface area contributed by atoms with E-state index in [4.69, 9.17) is 9.26 Å².